The molecular formula is C12H19ClN2. The van der Waals surface area contributed by atoms with Gasteiger partial charge in [0.05, 0.1) is 11.6 Å². The van der Waals surface area contributed by atoms with Crippen LogP contribution in [0.1, 0.15) is 44.1 Å². The molecule has 1 aromatic heterocycles. The fourth-order valence-electron chi connectivity index (χ4n) is 2.41. The summed E-state index contributed by atoms with van der Waals surface area (Å²) in [7, 11) is 0. The van der Waals surface area contributed by atoms with E-state index in [2.05, 4.69) is 31.0 Å². The van der Waals surface area contributed by atoms with Crippen LogP contribution in [-0.2, 0) is 18.7 Å². The fourth-order valence-corrected chi connectivity index (χ4v) is 2.63. The molecule has 1 N–H and O–H groups in total. The molecule has 2 rings (SSSR count). The Bertz CT molecular complexity index is 335. The molecule has 0 amide bonds. The van der Waals surface area contributed by atoms with Crippen molar-refractivity contribution in [2.45, 2.75) is 45.9 Å². The third-order valence-electron chi connectivity index (χ3n) is 3.58. The predicted molar refractivity (Wildman–Crippen MR) is 63.1 cm³/mol. The molecule has 1 aromatic rings. The molecule has 84 valence electrons. The molecule has 1 aliphatic carbocycles. The van der Waals surface area contributed by atoms with Crippen molar-refractivity contribution in [3.8, 4) is 0 Å². The summed E-state index contributed by atoms with van der Waals surface area (Å²) in [6.45, 7) is 6.97. The van der Waals surface area contributed by atoms with Gasteiger partial charge in [0.25, 0.3) is 0 Å². The normalized spacial score (nSPS) is 21.5. The molecule has 3 heteroatoms. The average molecular weight is 227 g/mol. The Hall–Kier alpha value is -0.500. The second kappa shape index (κ2) is 3.82. The molecule has 0 radical (unpaired) electrons. The third kappa shape index (κ3) is 2.05. The summed E-state index contributed by atoms with van der Waals surface area (Å²) in [6.07, 6.45) is 3.53. The maximum Gasteiger partial charge on any atom is 0.0804 e. The van der Waals surface area contributed by atoms with Crippen molar-refractivity contribution in [1.29, 1.82) is 0 Å². The van der Waals surface area contributed by atoms with E-state index < -0.39 is 0 Å². The maximum atomic E-state index is 5.88. The zero-order chi connectivity index (χ0) is 11.1. The molecular weight excluding hydrogens is 208 g/mol. The summed E-state index contributed by atoms with van der Waals surface area (Å²) in [5.41, 5.74) is 4.14. The average Bonchev–Trinajstić information content (AvgIpc) is 2.57. The van der Waals surface area contributed by atoms with Crippen molar-refractivity contribution in [3.05, 3.63) is 17.0 Å². The molecule has 0 bridgehead atoms. The van der Waals surface area contributed by atoms with Gasteiger partial charge in [0.2, 0.25) is 0 Å². The van der Waals surface area contributed by atoms with Gasteiger partial charge in [0.15, 0.2) is 0 Å². The number of hydrogen-bond acceptors (Lipinski definition) is 1. The lowest BCUT2D eigenvalue weighted by atomic mass is 9.71. The van der Waals surface area contributed by atoms with Crippen LogP contribution in [0.25, 0.3) is 0 Å². The maximum absolute atomic E-state index is 5.88. The minimum absolute atomic E-state index is 0.387. The van der Waals surface area contributed by atoms with Crippen LogP contribution >= 0.6 is 11.6 Å². The van der Waals surface area contributed by atoms with E-state index in [-0.39, 0.29) is 0 Å². The molecule has 15 heavy (non-hydrogen) atoms. The van der Waals surface area contributed by atoms with Gasteiger partial charge in [-0.1, -0.05) is 20.8 Å². The lowest BCUT2D eigenvalue weighted by Gasteiger charge is -2.33. The summed E-state index contributed by atoms with van der Waals surface area (Å²) in [4.78, 5) is 0. The monoisotopic (exact) mass is 226 g/mol. The smallest absolute Gasteiger partial charge is 0.0804 e. The van der Waals surface area contributed by atoms with Gasteiger partial charge in [-0.3, -0.25) is 5.10 Å². The number of aromatic nitrogens is 2. The SMILES string of the molecule is CC(C)(C)C1CCc2[nH]nc(CCl)c2C1. The quantitative estimate of drug-likeness (QED) is 0.732. The molecule has 0 spiro atoms. The molecule has 1 aliphatic rings. The predicted octanol–water partition coefficient (Wildman–Crippen LogP) is 3.30. The van der Waals surface area contributed by atoms with Crippen LogP contribution in [0.5, 0.6) is 0 Å². The van der Waals surface area contributed by atoms with E-state index in [0.29, 0.717) is 11.3 Å². The summed E-state index contributed by atoms with van der Waals surface area (Å²) < 4.78 is 0. The van der Waals surface area contributed by atoms with Crippen LogP contribution in [0.2, 0.25) is 0 Å². The van der Waals surface area contributed by atoms with E-state index in [0.717, 1.165) is 24.5 Å². The number of nitrogens with one attached hydrogen (secondary N) is 1. The molecule has 0 aromatic carbocycles. The van der Waals surface area contributed by atoms with Crippen LogP contribution in [0.3, 0.4) is 0 Å². The zero-order valence-electron chi connectivity index (χ0n) is 9.73. The number of aryl methyl sites for hydroxylation is 1. The highest BCUT2D eigenvalue weighted by Gasteiger charge is 2.30. The van der Waals surface area contributed by atoms with Crippen molar-refractivity contribution in [1.82, 2.24) is 10.2 Å². The van der Waals surface area contributed by atoms with Crippen molar-refractivity contribution in [3.63, 3.8) is 0 Å². The number of rotatable bonds is 1. The molecule has 1 heterocycles. The number of halogens is 1. The van der Waals surface area contributed by atoms with E-state index in [1.807, 2.05) is 0 Å². The molecule has 0 aliphatic heterocycles. The number of H-pyrrole nitrogens is 1. The zero-order valence-corrected chi connectivity index (χ0v) is 10.5. The number of nitrogens with zero attached hydrogens (tertiary/aromatic N) is 1. The Balaban J connectivity index is 2.25. The molecule has 0 saturated heterocycles. The fraction of sp³-hybridized carbons (Fsp3) is 0.750. The topological polar surface area (TPSA) is 28.7 Å². The van der Waals surface area contributed by atoms with E-state index in [1.54, 1.807) is 0 Å². The largest absolute Gasteiger partial charge is 0.282 e. The van der Waals surface area contributed by atoms with Crippen LogP contribution in [0, 0.1) is 11.3 Å². The van der Waals surface area contributed by atoms with Crippen molar-refractivity contribution in [2.75, 3.05) is 0 Å². The highest BCUT2D eigenvalue weighted by Crippen LogP contribution is 2.37. The van der Waals surface area contributed by atoms with Crippen LogP contribution in [0.4, 0.5) is 0 Å². The first kappa shape index (κ1) is 11.0. The standard InChI is InChI=1S/C12H19ClN2/c1-12(2,3)8-4-5-10-9(6-8)11(7-13)15-14-10/h8H,4-7H2,1-3H3,(H,14,15). The first-order valence-corrected chi connectivity index (χ1v) is 6.16. The Kier molecular flexibility index (Phi) is 2.80. The Labute approximate surface area is 96.4 Å². The summed E-state index contributed by atoms with van der Waals surface area (Å²) in [5, 5.41) is 7.39. The number of hydrogen-bond donors (Lipinski definition) is 1. The Morgan fingerprint density at radius 2 is 2.20 bits per heavy atom. The Morgan fingerprint density at radius 1 is 1.47 bits per heavy atom. The van der Waals surface area contributed by atoms with E-state index in [1.165, 1.54) is 17.7 Å². The molecule has 0 saturated carbocycles. The van der Waals surface area contributed by atoms with Gasteiger partial charge in [-0.25, -0.2) is 0 Å². The van der Waals surface area contributed by atoms with Gasteiger partial charge in [-0.05, 0) is 36.2 Å². The van der Waals surface area contributed by atoms with E-state index in [4.69, 9.17) is 11.6 Å². The second-order valence-electron chi connectivity index (χ2n) is 5.57. The first-order chi connectivity index (χ1) is 7.02. The van der Waals surface area contributed by atoms with E-state index >= 15 is 0 Å². The minimum Gasteiger partial charge on any atom is -0.282 e. The van der Waals surface area contributed by atoms with Crippen molar-refractivity contribution in [2.24, 2.45) is 11.3 Å². The van der Waals surface area contributed by atoms with Gasteiger partial charge in [-0.2, -0.15) is 5.10 Å². The first-order valence-electron chi connectivity index (χ1n) is 5.63. The van der Waals surface area contributed by atoms with Crippen LogP contribution in [-0.4, -0.2) is 10.2 Å². The minimum atomic E-state index is 0.387. The van der Waals surface area contributed by atoms with Gasteiger partial charge in [0.1, 0.15) is 0 Å². The summed E-state index contributed by atoms with van der Waals surface area (Å²) >= 11 is 5.88. The van der Waals surface area contributed by atoms with Crippen LogP contribution < -0.4 is 0 Å². The molecule has 2 nitrogen and oxygen atoms in total. The van der Waals surface area contributed by atoms with Gasteiger partial charge in [-0.15, -0.1) is 11.6 Å². The third-order valence-corrected chi connectivity index (χ3v) is 3.84. The van der Waals surface area contributed by atoms with Crippen LogP contribution in [0.15, 0.2) is 0 Å². The second-order valence-corrected chi connectivity index (χ2v) is 5.83. The Morgan fingerprint density at radius 3 is 2.80 bits per heavy atom. The lowest BCUT2D eigenvalue weighted by Crippen LogP contribution is -2.26. The highest BCUT2D eigenvalue weighted by molar-refractivity contribution is 6.17. The van der Waals surface area contributed by atoms with Crippen molar-refractivity contribution >= 4 is 11.6 Å². The van der Waals surface area contributed by atoms with Crippen molar-refractivity contribution < 1.29 is 0 Å². The van der Waals surface area contributed by atoms with Gasteiger partial charge < -0.3 is 0 Å². The molecule has 1 unspecified atom stereocenters. The molecule has 0 fully saturated rings. The molecule has 1 atom stereocenters. The van der Waals surface area contributed by atoms with E-state index in [9.17, 15) is 0 Å². The number of fused-ring (bicyclic) bond motifs is 1. The number of alkyl halides is 1. The van der Waals surface area contributed by atoms with Gasteiger partial charge >= 0.3 is 0 Å². The van der Waals surface area contributed by atoms with Gasteiger partial charge in [0, 0.05) is 5.69 Å². The summed E-state index contributed by atoms with van der Waals surface area (Å²) in [6, 6.07) is 0. The lowest BCUT2D eigenvalue weighted by molar-refractivity contribution is 0.215. The number of aromatic amines is 1. The summed E-state index contributed by atoms with van der Waals surface area (Å²) in [5.74, 6) is 1.28. The highest BCUT2D eigenvalue weighted by atomic mass is 35.5.